The van der Waals surface area contributed by atoms with Crippen molar-refractivity contribution >= 4 is 17.6 Å². The van der Waals surface area contributed by atoms with Gasteiger partial charge in [0.1, 0.15) is 12.1 Å². The maximum Gasteiger partial charge on any atom is 0.129 e. The molecule has 1 aromatic rings. The minimum atomic E-state index is 0. The van der Waals surface area contributed by atoms with Crippen LogP contribution in [0.2, 0.25) is 0 Å². The number of thioether (sulfide) groups is 1. The van der Waals surface area contributed by atoms with Crippen LogP contribution in [0.1, 0.15) is 34.8 Å². The highest BCUT2D eigenvalue weighted by Gasteiger charge is 2.15. The highest BCUT2D eigenvalue weighted by Crippen LogP contribution is 2.20. The molecule has 0 fully saturated rings. The third-order valence-electron chi connectivity index (χ3n) is 2.19. The molecule has 0 aliphatic rings. The van der Waals surface area contributed by atoms with Gasteiger partial charge in [-0.2, -0.15) is 11.8 Å². The molecule has 0 spiro atoms. The number of hydrogen-bond donors (Lipinski definition) is 1. The molecule has 0 saturated carbocycles. The summed E-state index contributed by atoms with van der Waals surface area (Å²) in [7, 11) is 0. The predicted octanol–water partition coefficient (Wildman–Crippen LogP) is 3.19. The zero-order valence-electron chi connectivity index (χ0n) is 10.6. The van der Waals surface area contributed by atoms with Crippen LogP contribution in [0.3, 0.4) is 0 Å². The summed E-state index contributed by atoms with van der Waals surface area (Å²) < 4.78 is 0. The van der Waals surface area contributed by atoms with E-state index >= 15 is 0 Å². The van der Waals surface area contributed by atoms with Gasteiger partial charge < -0.3 is 5.32 Å². The van der Waals surface area contributed by atoms with Crippen molar-refractivity contribution in [2.45, 2.75) is 33.1 Å². The summed E-state index contributed by atoms with van der Waals surface area (Å²) in [5.41, 5.74) is 1.16. The molecule has 0 saturated heterocycles. The first-order valence-corrected chi connectivity index (χ1v) is 6.83. The summed E-state index contributed by atoms with van der Waals surface area (Å²) in [5.74, 6) is 3.21. The Labute approximate surface area is 104 Å². The second-order valence-electron chi connectivity index (χ2n) is 4.66. The van der Waals surface area contributed by atoms with Crippen molar-refractivity contribution in [3.8, 4) is 0 Å². The van der Waals surface area contributed by atoms with Gasteiger partial charge in [-0.05, 0) is 5.75 Å². The van der Waals surface area contributed by atoms with E-state index in [-0.39, 0.29) is 6.84 Å². The van der Waals surface area contributed by atoms with Gasteiger partial charge >= 0.3 is 0 Å². The molecule has 0 aromatic carbocycles. The van der Waals surface area contributed by atoms with Gasteiger partial charge in [0, 0.05) is 25.2 Å². The quantitative estimate of drug-likeness (QED) is 0.803. The zero-order chi connectivity index (χ0) is 12.0. The third kappa shape index (κ3) is 4.39. The second-order valence-corrected chi connectivity index (χ2v) is 6.06. The van der Waals surface area contributed by atoms with Crippen LogP contribution in [-0.4, -0.2) is 28.0 Å². The number of nitrogens with zero attached hydrogens (tertiary/aromatic N) is 2. The van der Waals surface area contributed by atoms with Gasteiger partial charge in [0.25, 0.3) is 0 Å². The highest BCUT2D eigenvalue weighted by atomic mass is 32.2. The molecule has 1 rings (SSSR count). The molecule has 16 heavy (non-hydrogen) atoms. The van der Waals surface area contributed by atoms with Crippen LogP contribution < -0.4 is 5.32 Å². The highest BCUT2D eigenvalue weighted by molar-refractivity contribution is 7.99. The Hall–Kier alpha value is -0.770. The second kappa shape index (κ2) is 6.09. The molecule has 1 heterocycles. The molecular weight excluding hydrogens is 218 g/mol. The Morgan fingerprint density at radius 3 is 2.75 bits per heavy atom. The van der Waals surface area contributed by atoms with Crippen molar-refractivity contribution in [1.82, 2.24) is 9.97 Å². The van der Waals surface area contributed by atoms with Crippen molar-refractivity contribution in [3.63, 3.8) is 0 Å². The van der Waals surface area contributed by atoms with Gasteiger partial charge in [0.2, 0.25) is 0 Å². The van der Waals surface area contributed by atoms with E-state index in [1.165, 1.54) is 5.75 Å². The van der Waals surface area contributed by atoms with E-state index in [0.29, 0.717) is 0 Å². The molecule has 0 unspecified atom stereocenters. The first kappa shape index (κ1) is 13.3. The lowest BCUT2D eigenvalue weighted by Gasteiger charge is -2.18. The lowest BCUT2D eigenvalue weighted by molar-refractivity contribution is 0.567. The third-order valence-corrected chi connectivity index (χ3v) is 3.09. The molecule has 0 bridgehead atoms. The van der Waals surface area contributed by atoms with Crippen molar-refractivity contribution in [3.05, 3.63) is 18.1 Å². The lowest BCUT2D eigenvalue weighted by Crippen LogP contribution is -2.15. The van der Waals surface area contributed by atoms with Crippen LogP contribution >= 0.6 is 11.8 Å². The Morgan fingerprint density at radius 1 is 1.38 bits per heavy atom. The summed E-state index contributed by atoms with van der Waals surface area (Å²) in [6, 6.07) is 2.04. The normalized spacial score (nSPS) is 11.5. The molecule has 0 amide bonds. The number of hydrogen-bond acceptors (Lipinski definition) is 4. The fourth-order valence-corrected chi connectivity index (χ4v) is 1.79. The predicted molar refractivity (Wildman–Crippen MR) is 74.3 cm³/mol. The van der Waals surface area contributed by atoms with Gasteiger partial charge in [-0.15, -0.1) is 0 Å². The standard InChI is InChI=1S/C12H21N3S.H2/c1-5-16-7-6-13-11-8-10(12(2,3)4)14-9-15-11;/h8-9H,5-7H2,1-4H3,(H,13,14,15);1H. The van der Waals surface area contributed by atoms with E-state index in [0.717, 1.165) is 23.8 Å². The van der Waals surface area contributed by atoms with E-state index in [4.69, 9.17) is 0 Å². The number of aromatic nitrogens is 2. The maximum absolute atomic E-state index is 4.30. The van der Waals surface area contributed by atoms with Gasteiger partial charge in [-0.1, -0.05) is 27.7 Å². The van der Waals surface area contributed by atoms with Gasteiger partial charge in [0.05, 0.1) is 5.69 Å². The van der Waals surface area contributed by atoms with Crippen LogP contribution in [-0.2, 0) is 5.41 Å². The first-order chi connectivity index (χ1) is 7.54. The Kier molecular flexibility index (Phi) is 5.06. The van der Waals surface area contributed by atoms with Crippen LogP contribution in [0.4, 0.5) is 5.82 Å². The van der Waals surface area contributed by atoms with Gasteiger partial charge in [0.15, 0.2) is 0 Å². The molecule has 0 radical (unpaired) electrons. The summed E-state index contributed by atoms with van der Waals surface area (Å²) >= 11 is 1.93. The Balaban J connectivity index is 0.00000256. The zero-order valence-corrected chi connectivity index (χ0v) is 11.4. The van der Waals surface area contributed by atoms with E-state index in [2.05, 4.69) is 43.0 Å². The smallest absolute Gasteiger partial charge is 0.129 e. The van der Waals surface area contributed by atoms with E-state index in [1.54, 1.807) is 6.33 Å². The van der Waals surface area contributed by atoms with Crippen LogP contribution in [0, 0.1) is 0 Å². The van der Waals surface area contributed by atoms with E-state index in [1.807, 2.05) is 17.8 Å². The topological polar surface area (TPSA) is 37.8 Å². The minimum absolute atomic E-state index is 0. The van der Waals surface area contributed by atoms with Crippen LogP contribution in [0.5, 0.6) is 0 Å². The van der Waals surface area contributed by atoms with Crippen molar-refractivity contribution in [1.29, 1.82) is 0 Å². The average Bonchev–Trinajstić information content (AvgIpc) is 2.24. The van der Waals surface area contributed by atoms with Gasteiger partial charge in [-0.25, -0.2) is 9.97 Å². The number of rotatable bonds is 5. The average molecular weight is 241 g/mol. The lowest BCUT2D eigenvalue weighted by atomic mass is 9.92. The summed E-state index contributed by atoms with van der Waals surface area (Å²) in [6.45, 7) is 9.61. The maximum atomic E-state index is 4.30. The fourth-order valence-electron chi connectivity index (χ4n) is 1.26. The number of nitrogens with one attached hydrogen (secondary N) is 1. The largest absolute Gasteiger partial charge is 0.369 e. The molecule has 0 atom stereocenters. The molecule has 1 N–H and O–H groups in total. The molecule has 3 nitrogen and oxygen atoms in total. The molecule has 1 aromatic heterocycles. The van der Waals surface area contributed by atoms with Crippen molar-refractivity contribution in [2.75, 3.05) is 23.4 Å². The van der Waals surface area contributed by atoms with E-state index in [9.17, 15) is 0 Å². The van der Waals surface area contributed by atoms with Crippen molar-refractivity contribution < 1.29 is 1.43 Å². The monoisotopic (exact) mass is 241 g/mol. The molecular formula is C12H23N3S. The fraction of sp³-hybridized carbons (Fsp3) is 0.667. The SMILES string of the molecule is CCSCCNc1cc(C(C)(C)C)ncn1.[HH]. The first-order valence-electron chi connectivity index (χ1n) is 5.68. The number of anilines is 1. The van der Waals surface area contributed by atoms with Crippen molar-refractivity contribution in [2.24, 2.45) is 0 Å². The minimum Gasteiger partial charge on any atom is -0.369 e. The summed E-state index contributed by atoms with van der Waals surface area (Å²) in [4.78, 5) is 8.52. The molecule has 4 heteroatoms. The molecule has 0 aliphatic heterocycles. The summed E-state index contributed by atoms with van der Waals surface area (Å²) in [5, 5.41) is 3.32. The Morgan fingerprint density at radius 2 is 2.12 bits per heavy atom. The van der Waals surface area contributed by atoms with Crippen LogP contribution in [0.25, 0.3) is 0 Å². The van der Waals surface area contributed by atoms with Gasteiger partial charge in [-0.3, -0.25) is 0 Å². The van der Waals surface area contributed by atoms with E-state index < -0.39 is 0 Å². The summed E-state index contributed by atoms with van der Waals surface area (Å²) in [6.07, 6.45) is 1.63. The molecule has 92 valence electrons. The Bertz CT molecular complexity index is 326. The molecule has 0 aliphatic carbocycles. The van der Waals surface area contributed by atoms with Crippen LogP contribution in [0.15, 0.2) is 12.4 Å².